The van der Waals surface area contributed by atoms with Gasteiger partial charge in [-0.2, -0.15) is 5.10 Å². The van der Waals surface area contributed by atoms with Gasteiger partial charge in [-0.1, -0.05) is 47.2 Å². The molecule has 160 valence electrons. The molecular weight excluding hydrogens is 433 g/mol. The second-order valence-corrected chi connectivity index (χ2v) is 8.75. The van der Waals surface area contributed by atoms with E-state index < -0.39 is 5.54 Å². The summed E-state index contributed by atoms with van der Waals surface area (Å²) < 4.78 is 1.57. The first-order valence-corrected chi connectivity index (χ1v) is 10.3. The Hall–Kier alpha value is -2.98. The van der Waals surface area contributed by atoms with E-state index in [1.54, 1.807) is 28.9 Å². The van der Waals surface area contributed by atoms with Crippen molar-refractivity contribution in [1.29, 1.82) is 0 Å². The van der Waals surface area contributed by atoms with Crippen molar-refractivity contribution in [2.24, 2.45) is 5.73 Å². The summed E-state index contributed by atoms with van der Waals surface area (Å²) in [6.45, 7) is 5.91. The van der Waals surface area contributed by atoms with Crippen molar-refractivity contribution in [3.63, 3.8) is 0 Å². The molecule has 5 N–H and O–H groups in total. The SMILES string of the molecule is CC(C)(C)NC(=O)c1nn(-c2ccc(C#CCN)cc2Cl)c(-c2ccc(Cl)cc2)c1N. The molecule has 0 fully saturated rings. The number of carbonyl (C=O) groups is 1. The van der Waals surface area contributed by atoms with Crippen LogP contribution in [0.3, 0.4) is 0 Å². The van der Waals surface area contributed by atoms with E-state index in [2.05, 4.69) is 22.3 Å². The molecule has 0 bridgehead atoms. The minimum Gasteiger partial charge on any atom is -0.395 e. The standard InChI is InChI=1S/C23H23Cl2N5O/c1-23(2,3)28-22(31)20-19(27)21(15-7-9-16(24)10-8-15)30(29-20)18-11-6-14(5-4-12-26)13-17(18)25/h6-11,13H,12,26-27H2,1-3H3,(H,28,31). The van der Waals surface area contributed by atoms with Crippen LogP contribution in [0.25, 0.3) is 16.9 Å². The third kappa shape index (κ3) is 5.20. The fourth-order valence-electron chi connectivity index (χ4n) is 2.97. The zero-order valence-electron chi connectivity index (χ0n) is 17.5. The van der Waals surface area contributed by atoms with Gasteiger partial charge in [0, 0.05) is 21.7 Å². The Kier molecular flexibility index (Phi) is 6.61. The van der Waals surface area contributed by atoms with Crippen LogP contribution in [0, 0.1) is 11.8 Å². The lowest BCUT2D eigenvalue weighted by Crippen LogP contribution is -2.41. The van der Waals surface area contributed by atoms with Gasteiger partial charge in [-0.05, 0) is 51.1 Å². The second-order valence-electron chi connectivity index (χ2n) is 7.91. The number of carbonyl (C=O) groups excluding carboxylic acids is 1. The molecular formula is C23H23Cl2N5O. The first kappa shape index (κ1) is 22.7. The summed E-state index contributed by atoms with van der Waals surface area (Å²) in [7, 11) is 0. The summed E-state index contributed by atoms with van der Waals surface area (Å²) in [5.74, 6) is 5.36. The minimum absolute atomic E-state index is 0.114. The van der Waals surface area contributed by atoms with Crippen LogP contribution in [-0.4, -0.2) is 27.8 Å². The van der Waals surface area contributed by atoms with E-state index in [1.165, 1.54) is 0 Å². The van der Waals surface area contributed by atoms with E-state index in [9.17, 15) is 4.79 Å². The van der Waals surface area contributed by atoms with Crippen molar-refractivity contribution in [1.82, 2.24) is 15.1 Å². The number of nitrogens with one attached hydrogen (secondary N) is 1. The number of nitrogen functional groups attached to an aromatic ring is 1. The fraction of sp³-hybridized carbons (Fsp3) is 0.217. The van der Waals surface area contributed by atoms with Crippen molar-refractivity contribution in [2.45, 2.75) is 26.3 Å². The average molecular weight is 456 g/mol. The van der Waals surface area contributed by atoms with E-state index in [-0.39, 0.29) is 23.8 Å². The van der Waals surface area contributed by atoms with Crippen molar-refractivity contribution in [3.05, 3.63) is 63.8 Å². The smallest absolute Gasteiger partial charge is 0.274 e. The normalized spacial score (nSPS) is 11.0. The molecule has 1 amide bonds. The predicted octanol–water partition coefficient (Wildman–Crippen LogP) is 4.27. The number of hydrogen-bond acceptors (Lipinski definition) is 4. The Morgan fingerprint density at radius 3 is 2.42 bits per heavy atom. The molecule has 0 aliphatic heterocycles. The van der Waals surface area contributed by atoms with Crippen LogP contribution >= 0.6 is 23.2 Å². The van der Waals surface area contributed by atoms with Crippen LogP contribution < -0.4 is 16.8 Å². The molecule has 31 heavy (non-hydrogen) atoms. The zero-order chi connectivity index (χ0) is 22.8. The zero-order valence-corrected chi connectivity index (χ0v) is 19.0. The van der Waals surface area contributed by atoms with Crippen LogP contribution in [0.4, 0.5) is 5.69 Å². The lowest BCUT2D eigenvalue weighted by molar-refractivity contribution is 0.0915. The fourth-order valence-corrected chi connectivity index (χ4v) is 3.35. The number of aromatic nitrogens is 2. The Bertz CT molecular complexity index is 1180. The molecule has 2 aromatic carbocycles. The lowest BCUT2D eigenvalue weighted by atomic mass is 10.1. The monoisotopic (exact) mass is 455 g/mol. The Morgan fingerprint density at radius 1 is 1.16 bits per heavy atom. The molecule has 1 heterocycles. The van der Waals surface area contributed by atoms with E-state index in [1.807, 2.05) is 39.0 Å². The highest BCUT2D eigenvalue weighted by Crippen LogP contribution is 2.34. The molecule has 3 rings (SSSR count). The third-order valence-corrected chi connectivity index (χ3v) is 4.81. The summed E-state index contributed by atoms with van der Waals surface area (Å²) >= 11 is 12.6. The summed E-state index contributed by atoms with van der Waals surface area (Å²) in [4.78, 5) is 12.9. The molecule has 0 aliphatic carbocycles. The number of nitrogens with two attached hydrogens (primary N) is 2. The van der Waals surface area contributed by atoms with Crippen LogP contribution in [0.1, 0.15) is 36.8 Å². The van der Waals surface area contributed by atoms with Crippen LogP contribution in [-0.2, 0) is 0 Å². The number of benzene rings is 2. The highest BCUT2D eigenvalue weighted by Gasteiger charge is 2.26. The van der Waals surface area contributed by atoms with Crippen molar-refractivity contribution >= 4 is 34.8 Å². The van der Waals surface area contributed by atoms with Crippen molar-refractivity contribution in [3.8, 4) is 28.8 Å². The average Bonchev–Trinajstić information content (AvgIpc) is 3.03. The van der Waals surface area contributed by atoms with Gasteiger partial charge in [-0.25, -0.2) is 4.68 Å². The molecule has 0 atom stereocenters. The van der Waals surface area contributed by atoms with Crippen molar-refractivity contribution in [2.75, 3.05) is 12.3 Å². The second kappa shape index (κ2) is 9.03. The molecule has 8 heteroatoms. The van der Waals surface area contributed by atoms with Crippen LogP contribution in [0.15, 0.2) is 42.5 Å². The number of nitrogens with zero attached hydrogens (tertiary/aromatic N) is 2. The van der Waals surface area contributed by atoms with Gasteiger partial charge >= 0.3 is 0 Å². The summed E-state index contributed by atoms with van der Waals surface area (Å²) in [5.41, 5.74) is 14.3. The Balaban J connectivity index is 2.20. The molecule has 0 unspecified atom stereocenters. The van der Waals surface area contributed by atoms with Crippen molar-refractivity contribution < 1.29 is 4.79 Å². The van der Waals surface area contributed by atoms with Gasteiger partial charge in [0.2, 0.25) is 0 Å². The van der Waals surface area contributed by atoms with Crippen LogP contribution in [0.5, 0.6) is 0 Å². The van der Waals surface area contributed by atoms with E-state index in [0.29, 0.717) is 21.4 Å². The molecule has 1 aromatic heterocycles. The summed E-state index contributed by atoms with van der Waals surface area (Å²) in [5, 5.41) is 8.41. The van der Waals surface area contributed by atoms with Gasteiger partial charge < -0.3 is 16.8 Å². The Morgan fingerprint density at radius 2 is 1.84 bits per heavy atom. The maximum atomic E-state index is 12.9. The maximum absolute atomic E-state index is 12.9. The molecule has 6 nitrogen and oxygen atoms in total. The minimum atomic E-state index is -0.450. The highest BCUT2D eigenvalue weighted by molar-refractivity contribution is 6.32. The molecule has 0 radical (unpaired) electrons. The van der Waals surface area contributed by atoms with E-state index in [4.69, 9.17) is 34.7 Å². The first-order chi connectivity index (χ1) is 14.6. The maximum Gasteiger partial charge on any atom is 0.274 e. The molecule has 0 saturated carbocycles. The van der Waals surface area contributed by atoms with E-state index >= 15 is 0 Å². The summed E-state index contributed by atoms with van der Waals surface area (Å²) in [6.07, 6.45) is 0. The third-order valence-electron chi connectivity index (χ3n) is 4.25. The van der Waals surface area contributed by atoms with Gasteiger partial charge in [-0.3, -0.25) is 4.79 Å². The predicted molar refractivity (Wildman–Crippen MR) is 127 cm³/mol. The summed E-state index contributed by atoms with van der Waals surface area (Å²) in [6, 6.07) is 12.4. The Labute approximate surface area is 191 Å². The van der Waals surface area contributed by atoms with Gasteiger partial charge in [0.1, 0.15) is 0 Å². The number of hydrogen-bond donors (Lipinski definition) is 3. The van der Waals surface area contributed by atoms with Gasteiger partial charge in [-0.15, -0.1) is 0 Å². The number of rotatable bonds is 3. The number of amides is 1. The molecule has 0 saturated heterocycles. The number of halogens is 2. The topological polar surface area (TPSA) is 99.0 Å². The first-order valence-electron chi connectivity index (χ1n) is 9.56. The largest absolute Gasteiger partial charge is 0.395 e. The quantitative estimate of drug-likeness (QED) is 0.513. The van der Waals surface area contributed by atoms with E-state index in [0.717, 1.165) is 11.1 Å². The van der Waals surface area contributed by atoms with Gasteiger partial charge in [0.25, 0.3) is 5.91 Å². The van der Waals surface area contributed by atoms with Crippen LogP contribution in [0.2, 0.25) is 10.0 Å². The molecule has 3 aromatic rings. The van der Waals surface area contributed by atoms with Gasteiger partial charge in [0.15, 0.2) is 5.69 Å². The molecule has 0 spiro atoms. The van der Waals surface area contributed by atoms with Gasteiger partial charge in [0.05, 0.1) is 28.6 Å². The highest BCUT2D eigenvalue weighted by atomic mass is 35.5. The number of anilines is 1. The lowest BCUT2D eigenvalue weighted by Gasteiger charge is -2.19. The molecule has 0 aliphatic rings.